The summed E-state index contributed by atoms with van der Waals surface area (Å²) in [5, 5.41) is 3.21. The van der Waals surface area contributed by atoms with Crippen LogP contribution in [0.1, 0.15) is 19.4 Å². The predicted octanol–water partition coefficient (Wildman–Crippen LogP) is 2.09. The second-order valence-electron chi connectivity index (χ2n) is 3.76. The van der Waals surface area contributed by atoms with Crippen LogP contribution in [-0.2, 0) is 0 Å². The van der Waals surface area contributed by atoms with Crippen LogP contribution in [0.5, 0.6) is 0 Å². The van der Waals surface area contributed by atoms with Crippen LogP contribution >= 0.6 is 0 Å². The third-order valence-corrected chi connectivity index (χ3v) is 1.90. The van der Waals surface area contributed by atoms with E-state index in [9.17, 15) is 0 Å². The van der Waals surface area contributed by atoms with Gasteiger partial charge in [-0.3, -0.25) is 0 Å². The molecular weight excluding hydrogens is 176 g/mol. The zero-order chi connectivity index (χ0) is 10.1. The minimum atomic E-state index is 0.372. The van der Waals surface area contributed by atoms with Gasteiger partial charge in [-0.05, 0) is 32.4 Å². The quantitative estimate of drug-likeness (QED) is 0.762. The fourth-order valence-electron chi connectivity index (χ4n) is 1.34. The summed E-state index contributed by atoms with van der Waals surface area (Å²) in [4.78, 5) is 11.8. The van der Waals surface area contributed by atoms with E-state index in [4.69, 9.17) is 0 Å². The largest absolute Gasteiger partial charge is 0.354 e. The van der Waals surface area contributed by atoms with Gasteiger partial charge in [-0.2, -0.15) is 0 Å². The number of pyridine rings is 1. The Kier molecular flexibility index (Phi) is 2.11. The zero-order valence-corrected chi connectivity index (χ0v) is 8.63. The molecule has 4 nitrogen and oxygen atoms in total. The van der Waals surface area contributed by atoms with E-state index in [1.807, 2.05) is 19.2 Å². The lowest BCUT2D eigenvalue weighted by molar-refractivity contribution is 0.883. The number of nitrogens with zero attached hydrogens (tertiary/aromatic N) is 2. The summed E-state index contributed by atoms with van der Waals surface area (Å²) in [5.41, 5.74) is 2.87. The smallest absolute Gasteiger partial charge is 0.202 e. The van der Waals surface area contributed by atoms with Crippen molar-refractivity contribution in [2.75, 3.05) is 5.32 Å². The average molecular weight is 190 g/mol. The van der Waals surface area contributed by atoms with Gasteiger partial charge in [0, 0.05) is 12.2 Å². The lowest BCUT2D eigenvalue weighted by Gasteiger charge is -2.04. The molecular formula is C10H14N4. The molecule has 0 atom stereocenters. The molecule has 0 radical (unpaired) electrons. The number of hydrogen-bond acceptors (Lipinski definition) is 3. The summed E-state index contributed by atoms with van der Waals surface area (Å²) in [5.74, 6) is 0.785. The molecule has 0 bridgehead atoms. The van der Waals surface area contributed by atoms with Gasteiger partial charge in [-0.25, -0.2) is 9.97 Å². The number of imidazole rings is 1. The molecule has 0 saturated heterocycles. The van der Waals surface area contributed by atoms with Crippen LogP contribution in [0, 0.1) is 6.92 Å². The summed E-state index contributed by atoms with van der Waals surface area (Å²) in [7, 11) is 0. The first-order valence-electron chi connectivity index (χ1n) is 4.74. The summed E-state index contributed by atoms with van der Waals surface area (Å²) in [6.45, 7) is 6.16. The van der Waals surface area contributed by atoms with Crippen molar-refractivity contribution >= 4 is 17.1 Å². The van der Waals surface area contributed by atoms with Crippen LogP contribution in [-0.4, -0.2) is 21.0 Å². The molecule has 4 heteroatoms. The zero-order valence-electron chi connectivity index (χ0n) is 8.63. The van der Waals surface area contributed by atoms with E-state index in [1.165, 1.54) is 0 Å². The van der Waals surface area contributed by atoms with Gasteiger partial charge in [-0.15, -0.1) is 0 Å². The number of fused-ring (bicyclic) bond motifs is 1. The fraction of sp³-hybridized carbons (Fsp3) is 0.400. The maximum absolute atomic E-state index is 4.38. The van der Waals surface area contributed by atoms with Crippen LogP contribution in [0.3, 0.4) is 0 Å². The number of aromatic amines is 1. The van der Waals surface area contributed by atoms with Gasteiger partial charge in [-0.1, -0.05) is 0 Å². The maximum Gasteiger partial charge on any atom is 0.202 e. The van der Waals surface area contributed by atoms with E-state index in [0.29, 0.717) is 6.04 Å². The second kappa shape index (κ2) is 3.29. The molecule has 0 spiro atoms. The van der Waals surface area contributed by atoms with E-state index in [1.54, 1.807) is 0 Å². The van der Waals surface area contributed by atoms with Crippen LogP contribution in [0.15, 0.2) is 12.3 Å². The number of H-pyrrole nitrogens is 1. The topological polar surface area (TPSA) is 53.6 Å². The Balaban J connectivity index is 2.41. The van der Waals surface area contributed by atoms with Crippen LogP contribution in [0.2, 0.25) is 0 Å². The van der Waals surface area contributed by atoms with Crippen molar-refractivity contribution in [2.45, 2.75) is 26.8 Å². The van der Waals surface area contributed by atoms with E-state index in [-0.39, 0.29) is 0 Å². The number of aryl methyl sites for hydroxylation is 1. The molecule has 2 aromatic heterocycles. The van der Waals surface area contributed by atoms with Crippen LogP contribution in [0.25, 0.3) is 11.2 Å². The van der Waals surface area contributed by atoms with Gasteiger partial charge in [0.25, 0.3) is 0 Å². The molecule has 0 fully saturated rings. The molecule has 0 saturated carbocycles. The molecule has 0 amide bonds. The Morgan fingerprint density at radius 3 is 2.93 bits per heavy atom. The van der Waals surface area contributed by atoms with E-state index < -0.39 is 0 Å². The van der Waals surface area contributed by atoms with Gasteiger partial charge >= 0.3 is 0 Å². The van der Waals surface area contributed by atoms with Crippen molar-refractivity contribution in [3.8, 4) is 0 Å². The molecule has 74 valence electrons. The highest BCUT2D eigenvalue weighted by Gasteiger charge is 2.03. The Labute approximate surface area is 82.8 Å². The fourth-order valence-corrected chi connectivity index (χ4v) is 1.34. The molecule has 0 aliphatic heterocycles. The van der Waals surface area contributed by atoms with Crippen molar-refractivity contribution in [3.05, 3.63) is 17.8 Å². The van der Waals surface area contributed by atoms with E-state index in [2.05, 4.69) is 34.1 Å². The summed E-state index contributed by atoms with van der Waals surface area (Å²) < 4.78 is 0. The molecule has 0 unspecified atom stereocenters. The lowest BCUT2D eigenvalue weighted by atomic mass is 10.3. The predicted molar refractivity (Wildman–Crippen MR) is 57.4 cm³/mol. The Morgan fingerprint density at radius 1 is 1.43 bits per heavy atom. The summed E-state index contributed by atoms with van der Waals surface area (Å²) in [6, 6.07) is 2.39. The van der Waals surface area contributed by atoms with Gasteiger partial charge in [0.2, 0.25) is 5.95 Å². The Morgan fingerprint density at radius 2 is 2.21 bits per heavy atom. The van der Waals surface area contributed by atoms with Crippen molar-refractivity contribution < 1.29 is 0 Å². The van der Waals surface area contributed by atoms with E-state index in [0.717, 1.165) is 22.7 Å². The SMILES string of the molecule is Cc1cnc2[nH]c(NC(C)C)nc2c1. The Hall–Kier alpha value is -1.58. The highest BCUT2D eigenvalue weighted by atomic mass is 15.1. The van der Waals surface area contributed by atoms with Crippen molar-refractivity contribution in [1.82, 2.24) is 15.0 Å². The molecule has 0 aromatic carbocycles. The molecule has 2 aromatic rings. The number of nitrogens with one attached hydrogen (secondary N) is 2. The normalized spacial score (nSPS) is 11.1. The van der Waals surface area contributed by atoms with Crippen molar-refractivity contribution in [3.63, 3.8) is 0 Å². The number of rotatable bonds is 2. The summed E-state index contributed by atoms with van der Waals surface area (Å²) in [6.07, 6.45) is 1.83. The molecule has 14 heavy (non-hydrogen) atoms. The first-order chi connectivity index (χ1) is 6.65. The number of anilines is 1. The van der Waals surface area contributed by atoms with Crippen molar-refractivity contribution in [1.29, 1.82) is 0 Å². The molecule has 2 N–H and O–H groups in total. The third-order valence-electron chi connectivity index (χ3n) is 1.90. The van der Waals surface area contributed by atoms with Crippen LogP contribution in [0.4, 0.5) is 5.95 Å². The summed E-state index contributed by atoms with van der Waals surface area (Å²) >= 11 is 0. The molecule has 0 aliphatic carbocycles. The molecule has 0 aliphatic rings. The minimum absolute atomic E-state index is 0.372. The highest BCUT2D eigenvalue weighted by Crippen LogP contribution is 2.13. The van der Waals surface area contributed by atoms with Gasteiger partial charge in [0.15, 0.2) is 5.65 Å². The lowest BCUT2D eigenvalue weighted by Crippen LogP contribution is -2.10. The first-order valence-corrected chi connectivity index (χ1v) is 4.74. The van der Waals surface area contributed by atoms with Crippen LogP contribution < -0.4 is 5.32 Å². The minimum Gasteiger partial charge on any atom is -0.354 e. The molecule has 2 heterocycles. The Bertz CT molecular complexity index is 444. The third kappa shape index (κ3) is 1.69. The highest BCUT2D eigenvalue weighted by molar-refractivity contribution is 5.73. The van der Waals surface area contributed by atoms with Gasteiger partial charge < -0.3 is 10.3 Å². The second-order valence-corrected chi connectivity index (χ2v) is 3.76. The monoisotopic (exact) mass is 190 g/mol. The molecule has 2 rings (SSSR count). The number of hydrogen-bond donors (Lipinski definition) is 2. The standard InChI is InChI=1S/C10H14N4/c1-6(2)12-10-13-8-4-7(3)5-11-9(8)14-10/h4-6H,1-3H3,(H2,11,12,13,14). The first kappa shape index (κ1) is 8.99. The average Bonchev–Trinajstić information content (AvgIpc) is 2.44. The van der Waals surface area contributed by atoms with Gasteiger partial charge in [0.05, 0.1) is 0 Å². The maximum atomic E-state index is 4.38. The van der Waals surface area contributed by atoms with Gasteiger partial charge in [0.1, 0.15) is 5.52 Å². The van der Waals surface area contributed by atoms with E-state index >= 15 is 0 Å². The number of aromatic nitrogens is 3. The van der Waals surface area contributed by atoms with Crippen molar-refractivity contribution in [2.24, 2.45) is 0 Å².